The molecule has 0 bridgehead atoms. The van der Waals surface area contributed by atoms with Crippen LogP contribution in [0.5, 0.6) is 5.75 Å². The Kier molecular flexibility index (Phi) is 3.62. The van der Waals surface area contributed by atoms with Crippen molar-refractivity contribution in [1.29, 1.82) is 0 Å². The second kappa shape index (κ2) is 5.93. The molecule has 2 N–H and O–H groups in total. The molecule has 0 atom stereocenters. The first-order valence-corrected chi connectivity index (χ1v) is 8.01. The van der Waals surface area contributed by atoms with Gasteiger partial charge in [-0.15, -0.1) is 0 Å². The van der Waals surface area contributed by atoms with Crippen LogP contribution in [0.4, 0.5) is 11.5 Å². The van der Waals surface area contributed by atoms with Gasteiger partial charge >= 0.3 is 0 Å². The van der Waals surface area contributed by atoms with E-state index in [-0.39, 0.29) is 5.75 Å². The number of nitrogens with one attached hydrogen (secondary N) is 1. The third-order valence-corrected chi connectivity index (χ3v) is 4.04. The molecule has 6 nitrogen and oxygen atoms in total. The Hall–Kier alpha value is -2.93. The number of hydrogen-bond acceptors (Lipinski definition) is 5. The van der Waals surface area contributed by atoms with Gasteiger partial charge in [-0.05, 0) is 42.5 Å². The number of benzene rings is 2. The van der Waals surface area contributed by atoms with Crippen LogP contribution in [0.2, 0.25) is 0 Å². The molecule has 0 saturated heterocycles. The number of nitrogens with zero attached hydrogens (tertiary/aromatic N) is 4. The number of aromatic nitrogens is 4. The summed E-state index contributed by atoms with van der Waals surface area (Å²) in [5.74, 6) is 0.878. The molecule has 0 fully saturated rings. The van der Waals surface area contributed by atoms with Crippen molar-refractivity contribution in [2.75, 3.05) is 5.32 Å². The largest absolute Gasteiger partial charge is 0.508 e. The lowest BCUT2D eigenvalue weighted by molar-refractivity contribution is 0.475. The van der Waals surface area contributed by atoms with Crippen LogP contribution in [0, 0.1) is 0 Å². The van der Waals surface area contributed by atoms with Crippen molar-refractivity contribution in [3.63, 3.8) is 0 Å². The second-order valence-corrected chi connectivity index (χ2v) is 6.08. The van der Waals surface area contributed by atoms with Gasteiger partial charge in [0, 0.05) is 10.2 Å². The highest BCUT2D eigenvalue weighted by Crippen LogP contribution is 2.26. The van der Waals surface area contributed by atoms with Gasteiger partial charge in [0.2, 0.25) is 0 Å². The van der Waals surface area contributed by atoms with E-state index in [0.29, 0.717) is 11.5 Å². The number of halogens is 1. The molecule has 2 aromatic carbocycles. The SMILES string of the molecule is Oc1ccc(Nc2ncnc3c2cnn3-c2cccc(Br)c2)cc1. The number of phenols is 1. The van der Waals surface area contributed by atoms with Crippen molar-refractivity contribution in [1.82, 2.24) is 19.7 Å². The van der Waals surface area contributed by atoms with E-state index in [1.807, 2.05) is 24.3 Å². The lowest BCUT2D eigenvalue weighted by Crippen LogP contribution is -1.99. The first kappa shape index (κ1) is 14.6. The predicted octanol–water partition coefficient (Wildman–Crippen LogP) is 4.03. The zero-order chi connectivity index (χ0) is 16.5. The van der Waals surface area contributed by atoms with Gasteiger partial charge in [0.1, 0.15) is 17.9 Å². The van der Waals surface area contributed by atoms with E-state index in [2.05, 4.69) is 36.3 Å². The number of phenolic OH excluding ortho intramolecular Hbond substituents is 1. The molecular weight excluding hydrogens is 370 g/mol. The molecule has 2 heterocycles. The van der Waals surface area contributed by atoms with Gasteiger partial charge in [-0.3, -0.25) is 0 Å². The van der Waals surface area contributed by atoms with Crippen LogP contribution in [0.3, 0.4) is 0 Å². The Labute approximate surface area is 145 Å². The summed E-state index contributed by atoms with van der Waals surface area (Å²) >= 11 is 3.47. The minimum Gasteiger partial charge on any atom is -0.508 e. The van der Waals surface area contributed by atoms with Crippen molar-refractivity contribution >= 4 is 38.5 Å². The molecule has 0 aliphatic carbocycles. The van der Waals surface area contributed by atoms with Crippen LogP contribution >= 0.6 is 15.9 Å². The molecule has 2 aromatic heterocycles. The van der Waals surface area contributed by atoms with E-state index in [1.54, 1.807) is 35.1 Å². The van der Waals surface area contributed by atoms with Crippen LogP contribution < -0.4 is 5.32 Å². The van der Waals surface area contributed by atoms with Crippen molar-refractivity contribution in [2.45, 2.75) is 0 Å². The smallest absolute Gasteiger partial charge is 0.168 e. The average molecular weight is 382 g/mol. The number of hydrogen-bond donors (Lipinski definition) is 2. The topological polar surface area (TPSA) is 75.9 Å². The lowest BCUT2D eigenvalue weighted by atomic mass is 10.3. The van der Waals surface area contributed by atoms with Gasteiger partial charge in [-0.2, -0.15) is 5.10 Å². The van der Waals surface area contributed by atoms with E-state index < -0.39 is 0 Å². The minimum atomic E-state index is 0.218. The molecule has 7 heteroatoms. The molecule has 0 spiro atoms. The summed E-state index contributed by atoms with van der Waals surface area (Å²) in [6.45, 7) is 0. The maximum Gasteiger partial charge on any atom is 0.168 e. The van der Waals surface area contributed by atoms with Gasteiger partial charge < -0.3 is 10.4 Å². The fourth-order valence-corrected chi connectivity index (χ4v) is 2.81. The number of fused-ring (bicyclic) bond motifs is 1. The first-order chi connectivity index (χ1) is 11.7. The lowest BCUT2D eigenvalue weighted by Gasteiger charge is -2.07. The molecule has 24 heavy (non-hydrogen) atoms. The van der Waals surface area contributed by atoms with Crippen molar-refractivity contribution in [3.05, 3.63) is 65.5 Å². The molecule has 0 aliphatic heterocycles. The molecule has 0 unspecified atom stereocenters. The first-order valence-electron chi connectivity index (χ1n) is 7.21. The van der Waals surface area contributed by atoms with E-state index in [9.17, 15) is 5.11 Å². The summed E-state index contributed by atoms with van der Waals surface area (Å²) in [5, 5.41) is 17.8. The molecule has 0 amide bonds. The summed E-state index contributed by atoms with van der Waals surface area (Å²) < 4.78 is 2.74. The highest BCUT2D eigenvalue weighted by Gasteiger charge is 2.11. The van der Waals surface area contributed by atoms with E-state index in [1.165, 1.54) is 6.33 Å². The van der Waals surface area contributed by atoms with Crippen molar-refractivity contribution in [3.8, 4) is 11.4 Å². The molecule has 4 aromatic rings. The van der Waals surface area contributed by atoms with E-state index >= 15 is 0 Å². The van der Waals surface area contributed by atoms with Gasteiger partial charge in [-0.25, -0.2) is 14.6 Å². The van der Waals surface area contributed by atoms with E-state index in [4.69, 9.17) is 0 Å². The summed E-state index contributed by atoms with van der Waals surface area (Å²) in [4.78, 5) is 8.66. The van der Waals surface area contributed by atoms with Gasteiger partial charge in [-0.1, -0.05) is 22.0 Å². The molecule has 118 valence electrons. The summed E-state index contributed by atoms with van der Waals surface area (Å²) in [6, 6.07) is 14.6. The standard InChI is InChI=1S/C17H12BrN5O/c18-11-2-1-3-13(8-11)23-17-15(9-21-23)16(19-10-20-17)22-12-4-6-14(24)7-5-12/h1-10,24H,(H,19,20,22). The third-order valence-electron chi connectivity index (χ3n) is 3.55. The van der Waals surface area contributed by atoms with Gasteiger partial charge in [0.15, 0.2) is 5.65 Å². The Balaban J connectivity index is 1.77. The quantitative estimate of drug-likeness (QED) is 0.524. The van der Waals surface area contributed by atoms with Crippen LogP contribution in [0.25, 0.3) is 16.7 Å². The highest BCUT2D eigenvalue weighted by molar-refractivity contribution is 9.10. The highest BCUT2D eigenvalue weighted by atomic mass is 79.9. The van der Waals surface area contributed by atoms with Crippen molar-refractivity contribution < 1.29 is 5.11 Å². The molecule has 0 radical (unpaired) electrons. The fraction of sp³-hybridized carbons (Fsp3) is 0. The van der Waals surface area contributed by atoms with Crippen LogP contribution in [-0.2, 0) is 0 Å². The second-order valence-electron chi connectivity index (χ2n) is 5.17. The zero-order valence-electron chi connectivity index (χ0n) is 12.4. The van der Waals surface area contributed by atoms with E-state index in [0.717, 1.165) is 21.2 Å². The Bertz CT molecular complexity index is 1010. The molecule has 0 saturated carbocycles. The normalized spacial score (nSPS) is 10.9. The van der Waals surface area contributed by atoms with Gasteiger partial charge in [0.05, 0.1) is 17.3 Å². The average Bonchev–Trinajstić information content (AvgIpc) is 3.02. The summed E-state index contributed by atoms with van der Waals surface area (Å²) in [5.41, 5.74) is 2.45. The third kappa shape index (κ3) is 2.69. The van der Waals surface area contributed by atoms with Crippen molar-refractivity contribution in [2.24, 2.45) is 0 Å². The number of rotatable bonds is 3. The summed E-state index contributed by atoms with van der Waals surface area (Å²) in [7, 11) is 0. The van der Waals surface area contributed by atoms with Crippen LogP contribution in [0.15, 0.2) is 65.5 Å². The fourth-order valence-electron chi connectivity index (χ4n) is 2.42. The maximum absolute atomic E-state index is 9.38. The zero-order valence-corrected chi connectivity index (χ0v) is 14.0. The van der Waals surface area contributed by atoms with Crippen LogP contribution in [0.1, 0.15) is 0 Å². The molecule has 0 aliphatic rings. The Morgan fingerprint density at radius 1 is 1.04 bits per heavy atom. The maximum atomic E-state index is 9.38. The van der Waals surface area contributed by atoms with Crippen LogP contribution in [-0.4, -0.2) is 24.9 Å². The number of aromatic hydroxyl groups is 1. The minimum absolute atomic E-state index is 0.218. The van der Waals surface area contributed by atoms with Gasteiger partial charge in [0.25, 0.3) is 0 Å². The molecule has 4 rings (SSSR count). The Morgan fingerprint density at radius 2 is 1.88 bits per heavy atom. The number of anilines is 2. The monoisotopic (exact) mass is 381 g/mol. The Morgan fingerprint density at radius 3 is 2.67 bits per heavy atom. The molecular formula is C17H12BrN5O. The summed E-state index contributed by atoms with van der Waals surface area (Å²) in [6.07, 6.45) is 3.24. The predicted molar refractivity (Wildman–Crippen MR) is 95.7 cm³/mol.